The molecule has 0 bridgehead atoms. The van der Waals surface area contributed by atoms with Gasteiger partial charge in [-0.2, -0.15) is 5.26 Å². The van der Waals surface area contributed by atoms with Gasteiger partial charge in [-0.1, -0.05) is 25.3 Å². The highest BCUT2D eigenvalue weighted by molar-refractivity contribution is 5.51. The maximum Gasteiger partial charge on any atom is 0.125 e. The van der Waals surface area contributed by atoms with Crippen molar-refractivity contribution in [3.05, 3.63) is 29.6 Å². The van der Waals surface area contributed by atoms with Crippen LogP contribution in [0.25, 0.3) is 0 Å². The fourth-order valence-corrected chi connectivity index (χ4v) is 2.58. The number of nitrogens with zero attached hydrogens (tertiary/aromatic N) is 1. The summed E-state index contributed by atoms with van der Waals surface area (Å²) in [5, 5.41) is 12.6. The van der Waals surface area contributed by atoms with Crippen molar-refractivity contribution in [3.63, 3.8) is 0 Å². The van der Waals surface area contributed by atoms with Gasteiger partial charge < -0.3 is 5.32 Å². The summed E-state index contributed by atoms with van der Waals surface area (Å²) in [6.07, 6.45) is 5.40. The van der Waals surface area contributed by atoms with Gasteiger partial charge in [0.1, 0.15) is 5.82 Å². The van der Waals surface area contributed by atoms with E-state index in [2.05, 4.69) is 11.4 Å². The zero-order valence-electron chi connectivity index (χ0n) is 10.7. The first-order valence-corrected chi connectivity index (χ1v) is 6.63. The molecule has 0 saturated heterocycles. The van der Waals surface area contributed by atoms with Crippen LogP contribution in [0.5, 0.6) is 0 Å². The van der Waals surface area contributed by atoms with Crippen molar-refractivity contribution in [3.8, 4) is 6.07 Å². The third-order valence-electron chi connectivity index (χ3n) is 3.72. The Labute approximate surface area is 108 Å². The van der Waals surface area contributed by atoms with E-state index in [4.69, 9.17) is 0 Å². The Morgan fingerprint density at radius 1 is 1.28 bits per heavy atom. The predicted molar refractivity (Wildman–Crippen MR) is 70.7 cm³/mol. The molecule has 0 heterocycles. The molecule has 1 aliphatic carbocycles. The number of benzene rings is 1. The summed E-state index contributed by atoms with van der Waals surface area (Å²) in [4.78, 5) is 0. The second-order valence-electron chi connectivity index (χ2n) is 5.08. The third kappa shape index (κ3) is 3.01. The first-order chi connectivity index (χ1) is 8.70. The topological polar surface area (TPSA) is 35.8 Å². The number of nitriles is 1. The largest absolute Gasteiger partial charge is 0.381 e. The number of hydrogen-bond acceptors (Lipinski definition) is 2. The molecule has 2 unspecified atom stereocenters. The van der Waals surface area contributed by atoms with Gasteiger partial charge in [-0.25, -0.2) is 4.39 Å². The van der Waals surface area contributed by atoms with Crippen molar-refractivity contribution >= 4 is 5.69 Å². The Morgan fingerprint density at radius 2 is 2.06 bits per heavy atom. The first-order valence-electron chi connectivity index (χ1n) is 6.63. The minimum atomic E-state index is -0.231. The van der Waals surface area contributed by atoms with E-state index in [0.29, 0.717) is 0 Å². The fourth-order valence-electron chi connectivity index (χ4n) is 2.58. The molecular weight excluding hydrogens is 227 g/mol. The van der Waals surface area contributed by atoms with Crippen LogP contribution < -0.4 is 5.32 Å². The van der Waals surface area contributed by atoms with Gasteiger partial charge in [0, 0.05) is 11.7 Å². The van der Waals surface area contributed by atoms with Gasteiger partial charge >= 0.3 is 0 Å². The van der Waals surface area contributed by atoms with Crippen LogP contribution in [0.2, 0.25) is 0 Å². The molecule has 0 amide bonds. The monoisotopic (exact) mass is 246 g/mol. The van der Waals surface area contributed by atoms with Gasteiger partial charge in [0.15, 0.2) is 0 Å². The van der Waals surface area contributed by atoms with Gasteiger partial charge in [-0.05, 0) is 37.5 Å². The number of rotatable bonds is 2. The zero-order chi connectivity index (χ0) is 13.0. The van der Waals surface area contributed by atoms with Crippen LogP contribution in [-0.2, 0) is 0 Å². The minimum absolute atomic E-state index is 0.0372. The highest BCUT2D eigenvalue weighted by Gasteiger charge is 2.23. The maximum atomic E-state index is 13.3. The molecule has 1 fully saturated rings. The third-order valence-corrected chi connectivity index (χ3v) is 3.72. The van der Waals surface area contributed by atoms with Crippen molar-refractivity contribution < 1.29 is 4.39 Å². The molecular formula is C15H19FN2. The number of hydrogen-bond donors (Lipinski definition) is 1. The molecule has 96 valence electrons. The van der Waals surface area contributed by atoms with Crippen LogP contribution in [-0.4, -0.2) is 6.04 Å². The summed E-state index contributed by atoms with van der Waals surface area (Å²) in [6.45, 7) is 1.96. The SMILES string of the molecule is Cc1ccc(F)cc1NC1CCCCCC1C#N. The lowest BCUT2D eigenvalue weighted by molar-refractivity contribution is 0.513. The van der Waals surface area contributed by atoms with Crippen molar-refractivity contribution in [2.75, 3.05) is 5.32 Å². The second kappa shape index (κ2) is 5.86. The molecule has 2 rings (SSSR count). The highest BCUT2D eigenvalue weighted by Crippen LogP contribution is 2.27. The lowest BCUT2D eigenvalue weighted by atomic mass is 9.96. The quantitative estimate of drug-likeness (QED) is 0.800. The number of anilines is 1. The van der Waals surface area contributed by atoms with Crippen LogP contribution in [0.4, 0.5) is 10.1 Å². The van der Waals surface area contributed by atoms with E-state index >= 15 is 0 Å². The van der Waals surface area contributed by atoms with Gasteiger partial charge in [-0.15, -0.1) is 0 Å². The smallest absolute Gasteiger partial charge is 0.125 e. The maximum absolute atomic E-state index is 13.3. The minimum Gasteiger partial charge on any atom is -0.381 e. The lowest BCUT2D eigenvalue weighted by Crippen LogP contribution is -2.27. The average Bonchev–Trinajstić information content (AvgIpc) is 2.59. The number of aryl methyl sites for hydroxylation is 1. The van der Waals surface area contributed by atoms with Gasteiger partial charge in [0.2, 0.25) is 0 Å². The van der Waals surface area contributed by atoms with E-state index in [1.807, 2.05) is 6.92 Å². The molecule has 2 atom stereocenters. The average molecular weight is 246 g/mol. The standard InChI is InChI=1S/C15H19FN2/c1-11-7-8-13(16)9-15(11)18-14-6-4-2-3-5-12(14)10-17/h7-9,12,14,18H,2-6H2,1H3. The normalized spacial score (nSPS) is 24.1. The van der Waals surface area contributed by atoms with E-state index in [9.17, 15) is 9.65 Å². The van der Waals surface area contributed by atoms with Crippen LogP contribution in [0.1, 0.15) is 37.7 Å². The molecule has 3 heteroatoms. The molecule has 0 radical (unpaired) electrons. The van der Waals surface area contributed by atoms with Crippen molar-refractivity contribution in [1.82, 2.24) is 0 Å². The molecule has 0 spiro atoms. The summed E-state index contributed by atoms with van der Waals surface area (Å²) >= 11 is 0. The molecule has 1 aromatic carbocycles. The van der Waals surface area contributed by atoms with Crippen molar-refractivity contribution in [2.24, 2.45) is 5.92 Å². The molecule has 1 aliphatic rings. The second-order valence-corrected chi connectivity index (χ2v) is 5.08. The Balaban J connectivity index is 2.15. The van der Waals surface area contributed by atoms with E-state index in [1.54, 1.807) is 6.07 Å². The Kier molecular flexibility index (Phi) is 4.19. The van der Waals surface area contributed by atoms with Crippen LogP contribution in [0, 0.1) is 30.0 Å². The van der Waals surface area contributed by atoms with Gasteiger partial charge in [0.05, 0.1) is 12.0 Å². The summed E-state index contributed by atoms with van der Waals surface area (Å²) in [6, 6.07) is 7.31. The lowest BCUT2D eigenvalue weighted by Gasteiger charge is -2.23. The van der Waals surface area contributed by atoms with Crippen molar-refractivity contribution in [1.29, 1.82) is 5.26 Å². The summed E-state index contributed by atoms with van der Waals surface area (Å²) in [7, 11) is 0. The summed E-state index contributed by atoms with van der Waals surface area (Å²) in [5.74, 6) is -0.194. The number of halogens is 1. The molecule has 0 aliphatic heterocycles. The van der Waals surface area contributed by atoms with Crippen LogP contribution >= 0.6 is 0 Å². The summed E-state index contributed by atoms with van der Waals surface area (Å²) < 4.78 is 13.3. The van der Waals surface area contributed by atoms with E-state index < -0.39 is 0 Å². The van der Waals surface area contributed by atoms with E-state index in [1.165, 1.54) is 18.6 Å². The Bertz CT molecular complexity index is 450. The number of nitrogens with one attached hydrogen (secondary N) is 1. The zero-order valence-corrected chi connectivity index (χ0v) is 10.7. The van der Waals surface area contributed by atoms with E-state index in [0.717, 1.165) is 36.9 Å². The fraction of sp³-hybridized carbons (Fsp3) is 0.533. The Morgan fingerprint density at radius 3 is 2.83 bits per heavy atom. The summed E-state index contributed by atoms with van der Waals surface area (Å²) in [5.41, 5.74) is 1.85. The van der Waals surface area contributed by atoms with Crippen LogP contribution in [0.3, 0.4) is 0 Å². The molecule has 0 aromatic heterocycles. The van der Waals surface area contributed by atoms with E-state index in [-0.39, 0.29) is 17.8 Å². The molecule has 1 saturated carbocycles. The molecule has 1 N–H and O–H groups in total. The predicted octanol–water partition coefficient (Wildman–Crippen LogP) is 4.02. The van der Waals surface area contributed by atoms with Crippen molar-refractivity contribution in [2.45, 2.75) is 45.1 Å². The molecule has 2 nitrogen and oxygen atoms in total. The Hall–Kier alpha value is -1.56. The van der Waals surface area contributed by atoms with Gasteiger partial charge in [-0.3, -0.25) is 0 Å². The highest BCUT2D eigenvalue weighted by atomic mass is 19.1. The first kappa shape index (κ1) is 12.9. The van der Waals surface area contributed by atoms with Gasteiger partial charge in [0.25, 0.3) is 0 Å². The van der Waals surface area contributed by atoms with Crippen LogP contribution in [0.15, 0.2) is 18.2 Å². The molecule has 1 aromatic rings. The molecule has 18 heavy (non-hydrogen) atoms.